The fourth-order valence-electron chi connectivity index (χ4n) is 3.31. The standard InChI is InChI=1S/C20H20N4O3S/c21-8-4-10-28-20-14-7-9-24(17-11-15(26)16(12-25)27-17)19(14)22-18(23-20)13-5-2-1-3-6-13/h1-3,5-7,9,15-17,25-26H,4,10-12H2/t15-,16-,17-/m1/s1. The Morgan fingerprint density at radius 3 is 2.79 bits per heavy atom. The molecule has 1 fully saturated rings. The van der Waals surface area contributed by atoms with Gasteiger partial charge in [-0.2, -0.15) is 5.26 Å². The molecule has 1 aliphatic rings. The van der Waals surface area contributed by atoms with Crippen molar-refractivity contribution in [2.24, 2.45) is 0 Å². The number of rotatable bonds is 6. The number of ether oxygens (including phenoxy) is 1. The molecule has 0 unspecified atom stereocenters. The first-order valence-electron chi connectivity index (χ1n) is 9.09. The van der Waals surface area contributed by atoms with Crippen LogP contribution in [0.2, 0.25) is 0 Å². The summed E-state index contributed by atoms with van der Waals surface area (Å²) in [6, 6.07) is 13.8. The summed E-state index contributed by atoms with van der Waals surface area (Å²) in [7, 11) is 0. The minimum atomic E-state index is -0.715. The minimum absolute atomic E-state index is 0.226. The molecule has 2 aromatic heterocycles. The summed E-state index contributed by atoms with van der Waals surface area (Å²) in [6.07, 6.45) is 0.985. The van der Waals surface area contributed by atoms with E-state index in [0.29, 0.717) is 30.1 Å². The van der Waals surface area contributed by atoms with E-state index in [1.54, 1.807) is 0 Å². The van der Waals surface area contributed by atoms with E-state index in [4.69, 9.17) is 20.0 Å². The van der Waals surface area contributed by atoms with Crippen molar-refractivity contribution >= 4 is 22.8 Å². The first kappa shape index (κ1) is 18.9. The Morgan fingerprint density at radius 1 is 1.25 bits per heavy atom. The fraction of sp³-hybridized carbons (Fsp3) is 0.350. The number of nitrogens with zero attached hydrogens (tertiary/aromatic N) is 4. The maximum Gasteiger partial charge on any atom is 0.162 e. The average Bonchev–Trinajstić information content (AvgIpc) is 3.31. The van der Waals surface area contributed by atoms with E-state index in [2.05, 4.69) is 6.07 Å². The molecule has 1 aliphatic heterocycles. The van der Waals surface area contributed by atoms with Crippen molar-refractivity contribution in [1.29, 1.82) is 5.26 Å². The normalized spacial score (nSPS) is 21.8. The SMILES string of the molecule is N#CCCSc1nc(-c2ccccc2)nc2c1ccn2[C@H]1C[C@@H](O)[C@@H](CO)O1. The predicted molar refractivity (Wildman–Crippen MR) is 106 cm³/mol. The number of hydrogen-bond donors (Lipinski definition) is 2. The van der Waals surface area contributed by atoms with Crippen LogP contribution in [0.3, 0.4) is 0 Å². The maximum atomic E-state index is 10.1. The Hall–Kier alpha value is -2.44. The molecule has 144 valence electrons. The smallest absolute Gasteiger partial charge is 0.162 e. The molecule has 4 rings (SSSR count). The van der Waals surface area contributed by atoms with E-state index >= 15 is 0 Å². The molecule has 3 heterocycles. The molecule has 0 saturated carbocycles. The number of hydrogen-bond acceptors (Lipinski definition) is 7. The highest BCUT2D eigenvalue weighted by Crippen LogP contribution is 2.35. The Labute approximate surface area is 166 Å². The van der Waals surface area contributed by atoms with Gasteiger partial charge in [0, 0.05) is 30.4 Å². The van der Waals surface area contributed by atoms with Gasteiger partial charge in [-0.3, -0.25) is 0 Å². The van der Waals surface area contributed by atoms with Gasteiger partial charge >= 0.3 is 0 Å². The van der Waals surface area contributed by atoms with Crippen molar-refractivity contribution in [3.05, 3.63) is 42.6 Å². The molecule has 0 bridgehead atoms. The lowest BCUT2D eigenvalue weighted by Crippen LogP contribution is -2.24. The Morgan fingerprint density at radius 2 is 2.07 bits per heavy atom. The van der Waals surface area contributed by atoms with Crippen molar-refractivity contribution in [3.63, 3.8) is 0 Å². The Bertz CT molecular complexity index is 1000. The van der Waals surface area contributed by atoms with Gasteiger partial charge in [-0.1, -0.05) is 30.3 Å². The van der Waals surface area contributed by atoms with Gasteiger partial charge in [-0.15, -0.1) is 11.8 Å². The molecule has 0 aliphatic carbocycles. The number of aliphatic hydroxyl groups is 2. The molecule has 0 amide bonds. The molecular formula is C20H20N4O3S. The molecule has 2 N–H and O–H groups in total. The van der Waals surface area contributed by atoms with Gasteiger partial charge < -0.3 is 19.5 Å². The third-order valence-electron chi connectivity index (χ3n) is 4.72. The van der Waals surface area contributed by atoms with E-state index in [1.165, 1.54) is 11.8 Å². The number of nitriles is 1. The second-order valence-electron chi connectivity index (χ2n) is 6.55. The summed E-state index contributed by atoms with van der Waals surface area (Å²) in [5.74, 6) is 1.25. The van der Waals surface area contributed by atoms with Crippen molar-refractivity contribution in [3.8, 4) is 17.5 Å². The number of aliphatic hydroxyl groups excluding tert-OH is 2. The van der Waals surface area contributed by atoms with Crippen LogP contribution >= 0.6 is 11.8 Å². The van der Waals surface area contributed by atoms with Crippen molar-refractivity contribution in [2.45, 2.75) is 36.3 Å². The van der Waals surface area contributed by atoms with Crippen LogP contribution in [0.4, 0.5) is 0 Å². The number of aromatic nitrogens is 3. The highest BCUT2D eigenvalue weighted by atomic mass is 32.2. The van der Waals surface area contributed by atoms with E-state index in [9.17, 15) is 10.2 Å². The summed E-state index contributed by atoms with van der Waals surface area (Å²) in [4.78, 5) is 9.49. The van der Waals surface area contributed by atoms with Crippen LogP contribution in [0, 0.1) is 11.3 Å². The lowest BCUT2D eigenvalue weighted by molar-refractivity contribution is -0.0430. The second-order valence-corrected chi connectivity index (χ2v) is 7.63. The van der Waals surface area contributed by atoms with Crippen LogP contribution in [-0.2, 0) is 4.74 Å². The lowest BCUT2D eigenvalue weighted by Gasteiger charge is -2.15. The molecule has 7 nitrogen and oxygen atoms in total. The van der Waals surface area contributed by atoms with Crippen molar-refractivity contribution < 1.29 is 14.9 Å². The van der Waals surface area contributed by atoms with Gasteiger partial charge in [0.1, 0.15) is 23.0 Å². The summed E-state index contributed by atoms with van der Waals surface area (Å²) in [6.45, 7) is -0.226. The van der Waals surface area contributed by atoms with Crippen molar-refractivity contribution in [2.75, 3.05) is 12.4 Å². The van der Waals surface area contributed by atoms with Gasteiger partial charge in [-0.05, 0) is 6.07 Å². The van der Waals surface area contributed by atoms with Crippen LogP contribution < -0.4 is 0 Å². The molecule has 3 atom stereocenters. The average molecular weight is 396 g/mol. The zero-order chi connectivity index (χ0) is 19.5. The molecule has 8 heteroatoms. The summed E-state index contributed by atoms with van der Waals surface area (Å²) >= 11 is 1.53. The van der Waals surface area contributed by atoms with Gasteiger partial charge in [0.2, 0.25) is 0 Å². The summed E-state index contributed by atoms with van der Waals surface area (Å²) in [5, 5.41) is 30.0. The number of thioether (sulfide) groups is 1. The van der Waals surface area contributed by atoms with Crippen LogP contribution in [0.15, 0.2) is 47.6 Å². The zero-order valence-corrected chi connectivity index (χ0v) is 15.9. The third-order valence-corrected chi connectivity index (χ3v) is 5.71. The van der Waals surface area contributed by atoms with Gasteiger partial charge in [0.05, 0.1) is 24.2 Å². The number of benzene rings is 1. The highest BCUT2D eigenvalue weighted by Gasteiger charge is 2.35. The highest BCUT2D eigenvalue weighted by molar-refractivity contribution is 7.99. The van der Waals surface area contributed by atoms with Crippen LogP contribution in [0.5, 0.6) is 0 Å². The Balaban J connectivity index is 1.78. The van der Waals surface area contributed by atoms with Crippen LogP contribution in [0.25, 0.3) is 22.4 Å². The van der Waals surface area contributed by atoms with E-state index in [0.717, 1.165) is 16.0 Å². The molecule has 1 saturated heterocycles. The molecule has 3 aromatic rings. The van der Waals surface area contributed by atoms with Gasteiger partial charge in [0.25, 0.3) is 0 Å². The second kappa shape index (κ2) is 8.29. The molecular weight excluding hydrogens is 376 g/mol. The monoisotopic (exact) mass is 396 g/mol. The Kier molecular flexibility index (Phi) is 5.59. The van der Waals surface area contributed by atoms with Gasteiger partial charge in [-0.25, -0.2) is 9.97 Å². The summed E-state index contributed by atoms with van der Waals surface area (Å²) < 4.78 is 7.70. The summed E-state index contributed by atoms with van der Waals surface area (Å²) in [5.41, 5.74) is 1.61. The van der Waals surface area contributed by atoms with Gasteiger partial charge in [0.15, 0.2) is 5.82 Å². The molecule has 0 spiro atoms. The minimum Gasteiger partial charge on any atom is -0.394 e. The molecule has 1 aromatic carbocycles. The van der Waals surface area contributed by atoms with Crippen molar-refractivity contribution in [1.82, 2.24) is 14.5 Å². The molecule has 28 heavy (non-hydrogen) atoms. The van der Waals surface area contributed by atoms with Crippen LogP contribution in [-0.4, -0.2) is 49.3 Å². The van der Waals surface area contributed by atoms with Crippen LogP contribution in [0.1, 0.15) is 19.1 Å². The lowest BCUT2D eigenvalue weighted by atomic mass is 10.2. The largest absolute Gasteiger partial charge is 0.394 e. The van der Waals surface area contributed by atoms with E-state index in [1.807, 2.05) is 47.2 Å². The molecule has 0 radical (unpaired) electrons. The topological polar surface area (TPSA) is 104 Å². The zero-order valence-electron chi connectivity index (χ0n) is 15.1. The maximum absolute atomic E-state index is 10.1. The van der Waals surface area contributed by atoms with E-state index in [-0.39, 0.29) is 6.61 Å². The quantitative estimate of drug-likeness (QED) is 0.375. The predicted octanol–water partition coefficient (Wildman–Crippen LogP) is 2.74. The third kappa shape index (κ3) is 3.62. The van der Waals surface area contributed by atoms with E-state index < -0.39 is 18.4 Å². The fourth-order valence-corrected chi connectivity index (χ4v) is 4.16. The first-order chi connectivity index (χ1) is 13.7. The first-order valence-corrected chi connectivity index (χ1v) is 10.1. The number of fused-ring (bicyclic) bond motifs is 1.